The van der Waals surface area contributed by atoms with E-state index >= 15 is 0 Å². The summed E-state index contributed by atoms with van der Waals surface area (Å²) in [7, 11) is -3.11. The molecular weight excluding hydrogens is 178 g/mol. The maximum absolute atomic E-state index is 10.9. The average Bonchev–Trinajstić information content (AvgIpc) is 2.31. The second-order valence-corrected chi connectivity index (χ2v) is 5.15. The molecule has 0 heterocycles. The zero-order chi connectivity index (χ0) is 9.19. The van der Waals surface area contributed by atoms with Gasteiger partial charge in [0.1, 0.15) is 0 Å². The Kier molecular flexibility index (Phi) is 3.09. The minimum atomic E-state index is -3.11. The maximum atomic E-state index is 10.9. The van der Waals surface area contributed by atoms with Gasteiger partial charge in [0.25, 0.3) is 0 Å². The molecule has 0 aromatic carbocycles. The molecule has 0 bridgehead atoms. The lowest BCUT2D eigenvalue weighted by atomic mass is 10.1. The fraction of sp³-hybridized carbons (Fsp3) is 1.00. The van der Waals surface area contributed by atoms with E-state index in [0.29, 0.717) is 0 Å². The summed E-state index contributed by atoms with van der Waals surface area (Å²) in [5.41, 5.74) is 0. The summed E-state index contributed by atoms with van der Waals surface area (Å²) in [6.07, 6.45) is 3.92. The van der Waals surface area contributed by atoms with Gasteiger partial charge in [-0.25, -0.2) is 13.1 Å². The normalized spacial score (nSPS) is 30.8. The fourth-order valence-electron chi connectivity index (χ4n) is 1.69. The molecule has 0 spiro atoms. The lowest BCUT2D eigenvalue weighted by molar-refractivity contribution is 0.213. The van der Waals surface area contributed by atoms with Gasteiger partial charge in [-0.05, 0) is 18.8 Å². The van der Waals surface area contributed by atoms with Gasteiger partial charge in [0, 0.05) is 12.6 Å². The van der Waals surface area contributed by atoms with Crippen molar-refractivity contribution in [3.8, 4) is 0 Å². The summed E-state index contributed by atoms with van der Waals surface area (Å²) in [5.74, 6) is 0.111. The van der Waals surface area contributed by atoms with Crippen LogP contribution in [0.25, 0.3) is 0 Å². The van der Waals surface area contributed by atoms with Crippen LogP contribution in [0.15, 0.2) is 0 Å². The monoisotopic (exact) mass is 193 g/mol. The third-order valence-corrected chi connectivity index (χ3v) is 2.99. The van der Waals surface area contributed by atoms with Crippen LogP contribution in [-0.4, -0.2) is 32.4 Å². The van der Waals surface area contributed by atoms with E-state index in [1.165, 1.54) is 0 Å². The van der Waals surface area contributed by atoms with E-state index in [4.69, 9.17) is 5.11 Å². The first-order valence-corrected chi connectivity index (χ1v) is 6.00. The molecular formula is C7H15NO3S. The van der Waals surface area contributed by atoms with E-state index in [1.54, 1.807) is 0 Å². The number of nitrogens with one attached hydrogen (secondary N) is 1. The lowest BCUT2D eigenvalue weighted by Gasteiger charge is -2.17. The first-order valence-electron chi connectivity index (χ1n) is 4.11. The molecule has 1 aliphatic carbocycles. The SMILES string of the molecule is CS(=O)(=O)NC1CCCC1CO. The molecule has 72 valence electrons. The Morgan fingerprint density at radius 1 is 1.50 bits per heavy atom. The standard InChI is InChI=1S/C7H15NO3S/c1-12(10,11)8-7-4-2-3-6(7)5-9/h6-9H,2-5H2,1H3. The quantitative estimate of drug-likeness (QED) is 0.646. The summed E-state index contributed by atoms with van der Waals surface area (Å²) in [6, 6.07) is -0.0509. The predicted molar refractivity (Wildman–Crippen MR) is 46.2 cm³/mol. The molecule has 0 aliphatic heterocycles. The Labute approximate surface area is 73.0 Å². The van der Waals surface area contributed by atoms with Gasteiger partial charge in [0.2, 0.25) is 10.0 Å². The van der Waals surface area contributed by atoms with Crippen molar-refractivity contribution in [2.75, 3.05) is 12.9 Å². The highest BCUT2D eigenvalue weighted by Gasteiger charge is 2.28. The van der Waals surface area contributed by atoms with E-state index < -0.39 is 10.0 Å². The Morgan fingerprint density at radius 2 is 2.17 bits per heavy atom. The van der Waals surface area contributed by atoms with Crippen LogP contribution in [0.5, 0.6) is 0 Å². The number of rotatable bonds is 3. The van der Waals surface area contributed by atoms with Gasteiger partial charge in [-0.1, -0.05) is 6.42 Å². The van der Waals surface area contributed by atoms with Crippen molar-refractivity contribution in [3.63, 3.8) is 0 Å². The Balaban J connectivity index is 2.52. The first-order chi connectivity index (χ1) is 5.53. The second kappa shape index (κ2) is 3.72. The van der Waals surface area contributed by atoms with E-state index in [9.17, 15) is 8.42 Å². The summed E-state index contributed by atoms with van der Waals surface area (Å²) in [5, 5.41) is 8.90. The van der Waals surface area contributed by atoms with E-state index in [2.05, 4.69) is 4.72 Å². The molecule has 0 radical (unpaired) electrons. The van der Waals surface area contributed by atoms with Crippen molar-refractivity contribution in [3.05, 3.63) is 0 Å². The minimum Gasteiger partial charge on any atom is -0.396 e. The molecule has 1 rings (SSSR count). The van der Waals surface area contributed by atoms with Gasteiger partial charge < -0.3 is 5.11 Å². The van der Waals surface area contributed by atoms with Crippen molar-refractivity contribution in [1.29, 1.82) is 0 Å². The highest BCUT2D eigenvalue weighted by molar-refractivity contribution is 7.88. The number of aliphatic hydroxyl groups excluding tert-OH is 1. The summed E-state index contributed by atoms with van der Waals surface area (Å²) in [6.45, 7) is 0.0766. The molecule has 0 amide bonds. The topological polar surface area (TPSA) is 66.4 Å². The first kappa shape index (κ1) is 9.95. The second-order valence-electron chi connectivity index (χ2n) is 3.37. The molecule has 0 aromatic heterocycles. The largest absolute Gasteiger partial charge is 0.396 e. The number of hydrogen-bond donors (Lipinski definition) is 2. The number of hydrogen-bond acceptors (Lipinski definition) is 3. The maximum Gasteiger partial charge on any atom is 0.208 e. The summed E-state index contributed by atoms with van der Waals surface area (Å²) in [4.78, 5) is 0. The zero-order valence-electron chi connectivity index (χ0n) is 7.16. The summed E-state index contributed by atoms with van der Waals surface area (Å²) < 4.78 is 24.2. The van der Waals surface area contributed by atoms with Gasteiger partial charge in [0.05, 0.1) is 6.26 Å². The van der Waals surface area contributed by atoms with Crippen molar-refractivity contribution in [1.82, 2.24) is 4.72 Å². The van der Waals surface area contributed by atoms with Crippen LogP contribution in [0.3, 0.4) is 0 Å². The molecule has 0 saturated heterocycles. The Morgan fingerprint density at radius 3 is 2.67 bits per heavy atom. The Hall–Kier alpha value is -0.130. The van der Waals surface area contributed by atoms with E-state index in [1.807, 2.05) is 0 Å². The molecule has 1 fully saturated rings. The van der Waals surface area contributed by atoms with Crippen LogP contribution in [0, 0.1) is 5.92 Å². The third-order valence-electron chi connectivity index (χ3n) is 2.26. The molecule has 12 heavy (non-hydrogen) atoms. The molecule has 2 atom stereocenters. The summed E-state index contributed by atoms with van der Waals surface area (Å²) >= 11 is 0. The van der Waals surface area contributed by atoms with Crippen LogP contribution in [0.1, 0.15) is 19.3 Å². The lowest BCUT2D eigenvalue weighted by Crippen LogP contribution is -2.37. The van der Waals surface area contributed by atoms with Gasteiger partial charge in [-0.15, -0.1) is 0 Å². The van der Waals surface area contributed by atoms with Crippen molar-refractivity contribution < 1.29 is 13.5 Å². The molecule has 4 nitrogen and oxygen atoms in total. The van der Waals surface area contributed by atoms with Crippen LogP contribution in [-0.2, 0) is 10.0 Å². The smallest absolute Gasteiger partial charge is 0.208 e. The minimum absolute atomic E-state index is 0.0509. The molecule has 2 N–H and O–H groups in total. The zero-order valence-corrected chi connectivity index (χ0v) is 7.97. The molecule has 1 saturated carbocycles. The van der Waals surface area contributed by atoms with Gasteiger partial charge >= 0.3 is 0 Å². The highest BCUT2D eigenvalue weighted by atomic mass is 32.2. The predicted octanol–water partition coefficient (Wildman–Crippen LogP) is -0.303. The molecule has 0 aromatic rings. The highest BCUT2D eigenvalue weighted by Crippen LogP contribution is 2.25. The van der Waals surface area contributed by atoms with E-state index in [0.717, 1.165) is 25.5 Å². The van der Waals surface area contributed by atoms with Gasteiger partial charge in [-0.2, -0.15) is 0 Å². The molecule has 2 unspecified atom stereocenters. The molecule has 1 aliphatic rings. The number of sulfonamides is 1. The van der Waals surface area contributed by atoms with Crippen LogP contribution >= 0.6 is 0 Å². The number of aliphatic hydroxyl groups is 1. The third kappa shape index (κ3) is 2.73. The van der Waals surface area contributed by atoms with Crippen molar-refractivity contribution >= 4 is 10.0 Å². The van der Waals surface area contributed by atoms with Gasteiger partial charge in [0.15, 0.2) is 0 Å². The van der Waals surface area contributed by atoms with Gasteiger partial charge in [-0.3, -0.25) is 0 Å². The van der Waals surface area contributed by atoms with Crippen molar-refractivity contribution in [2.45, 2.75) is 25.3 Å². The Bertz CT molecular complexity index is 237. The van der Waals surface area contributed by atoms with Crippen LogP contribution < -0.4 is 4.72 Å². The van der Waals surface area contributed by atoms with Crippen molar-refractivity contribution in [2.24, 2.45) is 5.92 Å². The van der Waals surface area contributed by atoms with Crippen LogP contribution in [0.4, 0.5) is 0 Å². The van der Waals surface area contributed by atoms with E-state index in [-0.39, 0.29) is 18.6 Å². The average molecular weight is 193 g/mol. The fourth-order valence-corrected chi connectivity index (χ4v) is 2.55. The van der Waals surface area contributed by atoms with Crippen LogP contribution in [0.2, 0.25) is 0 Å². The molecule has 5 heteroatoms.